The lowest BCUT2D eigenvalue weighted by Crippen LogP contribution is -2.03. The minimum Gasteiger partial charge on any atom is -0.478 e. The molecule has 54 valence electrons. The molecule has 10 heavy (non-hydrogen) atoms. The van der Waals surface area contributed by atoms with E-state index in [1.165, 1.54) is 12.2 Å². The van der Waals surface area contributed by atoms with Crippen LogP contribution in [-0.2, 0) is 4.79 Å². The van der Waals surface area contributed by atoms with Gasteiger partial charge in [-0.1, -0.05) is 6.08 Å². The highest BCUT2D eigenvalue weighted by Crippen LogP contribution is 2.19. The van der Waals surface area contributed by atoms with Gasteiger partial charge in [0.25, 0.3) is 0 Å². The largest absolute Gasteiger partial charge is 0.478 e. The van der Waals surface area contributed by atoms with E-state index in [2.05, 4.69) is 0 Å². The number of allylic oxidation sites excluding steroid dienone is 2. The van der Waals surface area contributed by atoms with Crippen molar-refractivity contribution in [2.24, 2.45) is 0 Å². The highest BCUT2D eigenvalue weighted by Gasteiger charge is 2.14. The van der Waals surface area contributed by atoms with Crippen molar-refractivity contribution in [3.8, 4) is 0 Å². The molecule has 0 heterocycles. The van der Waals surface area contributed by atoms with Gasteiger partial charge in [-0.05, 0) is 18.9 Å². The normalized spacial score (nSPS) is 17.7. The summed E-state index contributed by atoms with van der Waals surface area (Å²) < 4.78 is 12.5. The van der Waals surface area contributed by atoms with E-state index in [-0.39, 0.29) is 5.57 Å². The van der Waals surface area contributed by atoms with Gasteiger partial charge in [-0.15, -0.1) is 0 Å². The van der Waals surface area contributed by atoms with Crippen LogP contribution in [0.4, 0.5) is 4.39 Å². The maximum Gasteiger partial charge on any atom is 0.338 e. The highest BCUT2D eigenvalue weighted by molar-refractivity contribution is 5.91. The topological polar surface area (TPSA) is 37.3 Å². The lowest BCUT2D eigenvalue weighted by molar-refractivity contribution is -0.132. The SMILES string of the molecule is O=C(O)C1=CCCC=C1F. The Morgan fingerprint density at radius 2 is 2.10 bits per heavy atom. The zero-order valence-corrected chi connectivity index (χ0v) is 5.30. The first-order valence-electron chi connectivity index (χ1n) is 3.01. The van der Waals surface area contributed by atoms with Gasteiger partial charge in [-0.2, -0.15) is 0 Å². The van der Waals surface area contributed by atoms with Gasteiger partial charge >= 0.3 is 5.97 Å². The number of carboxylic acid groups (broad SMARTS) is 1. The summed E-state index contributed by atoms with van der Waals surface area (Å²) in [5, 5.41) is 8.36. The molecule has 0 spiro atoms. The molecule has 0 saturated heterocycles. The van der Waals surface area contributed by atoms with Crippen molar-refractivity contribution < 1.29 is 14.3 Å². The van der Waals surface area contributed by atoms with Crippen molar-refractivity contribution in [3.63, 3.8) is 0 Å². The Labute approximate surface area is 57.7 Å². The minimum atomic E-state index is -1.19. The van der Waals surface area contributed by atoms with E-state index in [9.17, 15) is 9.18 Å². The van der Waals surface area contributed by atoms with Gasteiger partial charge < -0.3 is 5.11 Å². The third-order valence-electron chi connectivity index (χ3n) is 1.33. The van der Waals surface area contributed by atoms with Gasteiger partial charge in [-0.25, -0.2) is 9.18 Å². The Balaban J connectivity index is 2.84. The predicted molar refractivity (Wildman–Crippen MR) is 34.1 cm³/mol. The van der Waals surface area contributed by atoms with Gasteiger partial charge in [0, 0.05) is 0 Å². The van der Waals surface area contributed by atoms with E-state index >= 15 is 0 Å². The van der Waals surface area contributed by atoms with Crippen LogP contribution >= 0.6 is 0 Å². The number of halogens is 1. The average molecular weight is 142 g/mol. The van der Waals surface area contributed by atoms with Gasteiger partial charge in [-0.3, -0.25) is 0 Å². The summed E-state index contributed by atoms with van der Waals surface area (Å²) in [4.78, 5) is 10.2. The molecule has 0 aromatic carbocycles. The fourth-order valence-corrected chi connectivity index (χ4v) is 0.835. The van der Waals surface area contributed by atoms with E-state index in [0.29, 0.717) is 12.8 Å². The molecule has 0 bridgehead atoms. The molecule has 1 aliphatic carbocycles. The van der Waals surface area contributed by atoms with Crippen molar-refractivity contribution in [1.29, 1.82) is 0 Å². The van der Waals surface area contributed by atoms with E-state index < -0.39 is 11.8 Å². The van der Waals surface area contributed by atoms with Gasteiger partial charge in [0.2, 0.25) is 0 Å². The minimum absolute atomic E-state index is 0.203. The quantitative estimate of drug-likeness (QED) is 0.604. The second-order valence-electron chi connectivity index (χ2n) is 2.05. The Kier molecular flexibility index (Phi) is 1.85. The van der Waals surface area contributed by atoms with Crippen LogP contribution in [0.25, 0.3) is 0 Å². The molecule has 1 N–H and O–H groups in total. The van der Waals surface area contributed by atoms with Crippen LogP contribution in [0.1, 0.15) is 12.8 Å². The molecule has 0 atom stereocenters. The van der Waals surface area contributed by atoms with Crippen molar-refractivity contribution in [1.82, 2.24) is 0 Å². The van der Waals surface area contributed by atoms with Crippen molar-refractivity contribution in [2.45, 2.75) is 12.8 Å². The first kappa shape index (κ1) is 6.99. The second kappa shape index (κ2) is 2.64. The standard InChI is InChI=1S/C7H7FO2/c8-6-4-2-1-3-5(6)7(9)10/h3-4H,1-2H2,(H,9,10). The fourth-order valence-electron chi connectivity index (χ4n) is 0.835. The first-order chi connectivity index (χ1) is 4.72. The van der Waals surface area contributed by atoms with Crippen molar-refractivity contribution in [3.05, 3.63) is 23.6 Å². The Morgan fingerprint density at radius 1 is 1.50 bits per heavy atom. The van der Waals surface area contributed by atoms with Crippen LogP contribution in [0, 0.1) is 0 Å². The zero-order chi connectivity index (χ0) is 7.56. The number of hydrogen-bond acceptors (Lipinski definition) is 1. The fraction of sp³-hybridized carbons (Fsp3) is 0.286. The average Bonchev–Trinajstić information content (AvgIpc) is 1.88. The molecule has 0 aliphatic heterocycles. The van der Waals surface area contributed by atoms with Crippen molar-refractivity contribution >= 4 is 5.97 Å². The number of carbonyl (C=O) groups is 1. The number of rotatable bonds is 1. The lowest BCUT2D eigenvalue weighted by Gasteiger charge is -2.03. The molecule has 0 radical (unpaired) electrons. The summed E-state index contributed by atoms with van der Waals surface area (Å²) in [6.45, 7) is 0. The Hall–Kier alpha value is -1.12. The number of aliphatic carboxylic acids is 1. The molecule has 1 rings (SSSR count). The second-order valence-corrected chi connectivity index (χ2v) is 2.05. The van der Waals surface area contributed by atoms with Gasteiger partial charge in [0.1, 0.15) is 5.83 Å². The third-order valence-corrected chi connectivity index (χ3v) is 1.33. The molecule has 0 amide bonds. The van der Waals surface area contributed by atoms with Crippen LogP contribution in [0.5, 0.6) is 0 Å². The van der Waals surface area contributed by atoms with E-state index in [0.717, 1.165) is 0 Å². The smallest absolute Gasteiger partial charge is 0.338 e. The van der Waals surface area contributed by atoms with Gasteiger partial charge in [0.05, 0.1) is 5.57 Å². The summed E-state index contributed by atoms with van der Waals surface area (Å²) in [6.07, 6.45) is 3.92. The zero-order valence-electron chi connectivity index (χ0n) is 5.30. The monoisotopic (exact) mass is 142 g/mol. The molecule has 0 unspecified atom stereocenters. The molecule has 0 aromatic heterocycles. The molecule has 2 nitrogen and oxygen atoms in total. The summed E-state index contributed by atoms with van der Waals surface area (Å²) in [7, 11) is 0. The predicted octanol–water partition coefficient (Wildman–Crippen LogP) is 1.64. The number of carboxylic acids is 1. The highest BCUT2D eigenvalue weighted by atomic mass is 19.1. The maximum atomic E-state index is 12.5. The summed E-state index contributed by atoms with van der Waals surface area (Å²) in [5.74, 6) is -1.80. The summed E-state index contributed by atoms with van der Waals surface area (Å²) in [6, 6.07) is 0. The summed E-state index contributed by atoms with van der Waals surface area (Å²) in [5.41, 5.74) is -0.203. The third kappa shape index (κ3) is 1.23. The van der Waals surface area contributed by atoms with Gasteiger partial charge in [0.15, 0.2) is 0 Å². The Morgan fingerprint density at radius 3 is 2.50 bits per heavy atom. The molecular formula is C7H7FO2. The molecule has 0 aromatic rings. The van der Waals surface area contributed by atoms with Crippen LogP contribution < -0.4 is 0 Å². The Bertz CT molecular complexity index is 216. The van der Waals surface area contributed by atoms with E-state index in [1.807, 2.05) is 0 Å². The lowest BCUT2D eigenvalue weighted by atomic mass is 10.1. The maximum absolute atomic E-state index is 12.5. The van der Waals surface area contributed by atoms with Crippen LogP contribution in [0.3, 0.4) is 0 Å². The van der Waals surface area contributed by atoms with Crippen LogP contribution in [0.15, 0.2) is 23.6 Å². The van der Waals surface area contributed by atoms with Crippen molar-refractivity contribution in [2.75, 3.05) is 0 Å². The summed E-state index contributed by atoms with van der Waals surface area (Å²) >= 11 is 0. The van der Waals surface area contributed by atoms with Crippen LogP contribution in [-0.4, -0.2) is 11.1 Å². The molecule has 1 aliphatic rings. The first-order valence-corrected chi connectivity index (χ1v) is 3.01. The molecular weight excluding hydrogens is 135 g/mol. The van der Waals surface area contributed by atoms with E-state index in [4.69, 9.17) is 5.11 Å². The molecule has 3 heteroatoms. The number of hydrogen-bond donors (Lipinski definition) is 1. The molecule has 0 fully saturated rings. The molecule has 0 saturated carbocycles. The van der Waals surface area contributed by atoms with Crippen LogP contribution in [0.2, 0.25) is 0 Å². The van der Waals surface area contributed by atoms with E-state index in [1.54, 1.807) is 0 Å².